The monoisotopic (exact) mass is 418 g/mol. The zero-order valence-corrected chi connectivity index (χ0v) is 17.5. The lowest BCUT2D eigenvalue weighted by Crippen LogP contribution is -2.28. The molecule has 1 atom stereocenters. The summed E-state index contributed by atoms with van der Waals surface area (Å²) < 4.78 is 16.0. The molecule has 3 rings (SSSR count). The lowest BCUT2D eigenvalue weighted by Gasteiger charge is -2.20. The van der Waals surface area contributed by atoms with Crippen LogP contribution in [-0.2, 0) is 9.59 Å². The van der Waals surface area contributed by atoms with Crippen molar-refractivity contribution < 1.29 is 23.8 Å². The van der Waals surface area contributed by atoms with Crippen molar-refractivity contribution in [2.75, 3.05) is 38.1 Å². The molecule has 1 N–H and O–H groups in total. The summed E-state index contributed by atoms with van der Waals surface area (Å²) in [7, 11) is 4.53. The van der Waals surface area contributed by atoms with Crippen LogP contribution in [0.4, 0.5) is 11.4 Å². The summed E-state index contributed by atoms with van der Waals surface area (Å²) in [5.41, 5.74) is 2.01. The molecule has 2 aromatic carbocycles. The van der Waals surface area contributed by atoms with E-state index in [1.807, 2.05) is 6.92 Å². The average Bonchev–Trinajstić information content (AvgIpc) is 3.12. The van der Waals surface area contributed by atoms with Crippen molar-refractivity contribution >= 4 is 34.8 Å². The first-order valence-electron chi connectivity index (χ1n) is 9.06. The SMILES string of the molecule is COc1cc(N2C[C@@H](C(=O)Nc3cccc(Cl)c3C)CC2=O)cc(OC)c1OC. The van der Waals surface area contributed by atoms with Crippen LogP contribution in [0.5, 0.6) is 17.2 Å². The number of anilines is 2. The fourth-order valence-electron chi connectivity index (χ4n) is 3.33. The molecule has 2 aromatic rings. The number of ether oxygens (including phenoxy) is 3. The minimum atomic E-state index is -0.486. The van der Waals surface area contributed by atoms with Crippen LogP contribution in [0.25, 0.3) is 0 Å². The minimum Gasteiger partial charge on any atom is -0.493 e. The maximum absolute atomic E-state index is 12.7. The van der Waals surface area contributed by atoms with Crippen LogP contribution in [0.3, 0.4) is 0 Å². The van der Waals surface area contributed by atoms with Crippen LogP contribution in [-0.4, -0.2) is 39.7 Å². The number of amides is 2. The van der Waals surface area contributed by atoms with Gasteiger partial charge in [0.05, 0.1) is 32.9 Å². The van der Waals surface area contributed by atoms with Gasteiger partial charge in [-0.25, -0.2) is 0 Å². The molecule has 0 radical (unpaired) electrons. The molecule has 29 heavy (non-hydrogen) atoms. The maximum Gasteiger partial charge on any atom is 0.229 e. The quantitative estimate of drug-likeness (QED) is 0.774. The topological polar surface area (TPSA) is 77.1 Å². The maximum atomic E-state index is 12.7. The minimum absolute atomic E-state index is 0.113. The number of hydrogen-bond acceptors (Lipinski definition) is 5. The van der Waals surface area contributed by atoms with E-state index >= 15 is 0 Å². The average molecular weight is 419 g/mol. The summed E-state index contributed by atoms with van der Waals surface area (Å²) in [6.45, 7) is 2.09. The van der Waals surface area contributed by atoms with Crippen molar-refractivity contribution in [3.05, 3.63) is 40.9 Å². The first kappa shape index (κ1) is 20.8. The third-order valence-electron chi connectivity index (χ3n) is 4.98. The van der Waals surface area contributed by atoms with Crippen LogP contribution in [0.15, 0.2) is 30.3 Å². The molecule has 0 bridgehead atoms. The third-order valence-corrected chi connectivity index (χ3v) is 5.39. The second-order valence-electron chi connectivity index (χ2n) is 6.69. The first-order valence-corrected chi connectivity index (χ1v) is 9.43. The van der Waals surface area contributed by atoms with Gasteiger partial charge in [0.2, 0.25) is 17.6 Å². The second-order valence-corrected chi connectivity index (χ2v) is 7.10. The van der Waals surface area contributed by atoms with Gasteiger partial charge < -0.3 is 24.4 Å². The Morgan fingerprint density at radius 3 is 2.38 bits per heavy atom. The molecule has 0 saturated carbocycles. The van der Waals surface area contributed by atoms with Crippen molar-refractivity contribution in [3.8, 4) is 17.2 Å². The predicted molar refractivity (Wildman–Crippen MR) is 111 cm³/mol. The van der Waals surface area contributed by atoms with E-state index in [0.29, 0.717) is 33.6 Å². The van der Waals surface area contributed by atoms with Gasteiger partial charge in [-0.1, -0.05) is 17.7 Å². The normalized spacial score (nSPS) is 16.0. The van der Waals surface area contributed by atoms with E-state index in [1.165, 1.54) is 21.3 Å². The molecule has 7 nitrogen and oxygen atoms in total. The van der Waals surface area contributed by atoms with Gasteiger partial charge in [0, 0.05) is 35.8 Å². The molecule has 154 valence electrons. The molecule has 0 spiro atoms. The molecule has 1 aliphatic rings. The van der Waals surface area contributed by atoms with Gasteiger partial charge in [-0.3, -0.25) is 9.59 Å². The summed E-state index contributed by atoms with van der Waals surface area (Å²) in [4.78, 5) is 26.9. The largest absolute Gasteiger partial charge is 0.493 e. The van der Waals surface area contributed by atoms with Crippen LogP contribution in [0.2, 0.25) is 5.02 Å². The predicted octanol–water partition coefficient (Wildman–Crippen LogP) is 3.67. The molecule has 1 fully saturated rings. The molecule has 0 aliphatic carbocycles. The Labute approximate surface area is 174 Å². The number of nitrogens with zero attached hydrogens (tertiary/aromatic N) is 1. The highest BCUT2D eigenvalue weighted by molar-refractivity contribution is 6.31. The van der Waals surface area contributed by atoms with Crippen LogP contribution < -0.4 is 24.4 Å². The number of carbonyl (C=O) groups excluding carboxylic acids is 2. The zero-order valence-electron chi connectivity index (χ0n) is 16.7. The number of methoxy groups -OCH3 is 3. The molecule has 8 heteroatoms. The van der Waals surface area contributed by atoms with E-state index in [-0.39, 0.29) is 24.8 Å². The fourth-order valence-corrected chi connectivity index (χ4v) is 3.51. The lowest BCUT2D eigenvalue weighted by atomic mass is 10.1. The van der Waals surface area contributed by atoms with Gasteiger partial charge in [-0.05, 0) is 24.6 Å². The number of carbonyl (C=O) groups is 2. The fraction of sp³-hybridized carbons (Fsp3) is 0.333. The third kappa shape index (κ3) is 4.10. The van der Waals surface area contributed by atoms with E-state index in [2.05, 4.69) is 5.32 Å². The van der Waals surface area contributed by atoms with Crippen molar-refractivity contribution in [2.45, 2.75) is 13.3 Å². The van der Waals surface area contributed by atoms with Crippen molar-refractivity contribution in [1.82, 2.24) is 0 Å². The van der Waals surface area contributed by atoms with Crippen molar-refractivity contribution in [2.24, 2.45) is 5.92 Å². The summed E-state index contributed by atoms with van der Waals surface area (Å²) in [6.07, 6.45) is 0.113. The van der Waals surface area contributed by atoms with Crippen LogP contribution in [0, 0.1) is 12.8 Å². The summed E-state index contributed by atoms with van der Waals surface area (Å²) >= 11 is 6.12. The Balaban J connectivity index is 1.81. The Morgan fingerprint density at radius 2 is 1.79 bits per heavy atom. The number of benzene rings is 2. The second kappa shape index (κ2) is 8.61. The number of hydrogen-bond donors (Lipinski definition) is 1. The Hall–Kier alpha value is -2.93. The Kier molecular flexibility index (Phi) is 6.17. The molecule has 2 amide bonds. The molecule has 1 saturated heterocycles. The number of halogens is 1. The zero-order chi connectivity index (χ0) is 21.1. The summed E-state index contributed by atoms with van der Waals surface area (Å²) in [6, 6.07) is 8.71. The molecular formula is C21H23ClN2O5. The van der Waals surface area contributed by atoms with Gasteiger partial charge in [-0.15, -0.1) is 0 Å². The highest BCUT2D eigenvalue weighted by atomic mass is 35.5. The first-order chi connectivity index (χ1) is 13.9. The van der Waals surface area contributed by atoms with Crippen molar-refractivity contribution in [3.63, 3.8) is 0 Å². The van der Waals surface area contributed by atoms with Gasteiger partial charge in [0.1, 0.15) is 0 Å². The highest BCUT2D eigenvalue weighted by Gasteiger charge is 2.36. The van der Waals surface area contributed by atoms with Crippen LogP contribution in [0.1, 0.15) is 12.0 Å². The van der Waals surface area contributed by atoms with Gasteiger partial charge in [-0.2, -0.15) is 0 Å². The molecule has 0 unspecified atom stereocenters. The number of rotatable bonds is 6. The summed E-state index contributed by atoms with van der Waals surface area (Å²) in [5, 5.41) is 3.45. The van der Waals surface area contributed by atoms with Gasteiger partial charge in [0.15, 0.2) is 11.5 Å². The van der Waals surface area contributed by atoms with E-state index in [9.17, 15) is 9.59 Å². The van der Waals surface area contributed by atoms with Crippen LogP contribution >= 0.6 is 11.6 Å². The van der Waals surface area contributed by atoms with Gasteiger partial charge in [0.25, 0.3) is 0 Å². The molecule has 1 heterocycles. The van der Waals surface area contributed by atoms with E-state index in [4.69, 9.17) is 25.8 Å². The standard InChI is InChI=1S/C21H23ClN2O5/c1-12-15(22)6-5-7-16(12)23-21(26)13-8-19(25)24(11-13)14-9-17(27-2)20(29-4)18(10-14)28-3/h5-7,9-10,13H,8,11H2,1-4H3,(H,23,26)/t13-/m0/s1. The molecular weight excluding hydrogens is 396 g/mol. The molecule has 1 aliphatic heterocycles. The highest BCUT2D eigenvalue weighted by Crippen LogP contribution is 2.42. The summed E-state index contributed by atoms with van der Waals surface area (Å²) in [5.74, 6) is 0.464. The Bertz CT molecular complexity index is 922. The molecule has 0 aromatic heterocycles. The van der Waals surface area contributed by atoms with E-state index in [1.54, 1.807) is 35.2 Å². The van der Waals surface area contributed by atoms with Crippen molar-refractivity contribution in [1.29, 1.82) is 0 Å². The number of nitrogens with one attached hydrogen (secondary N) is 1. The smallest absolute Gasteiger partial charge is 0.229 e. The lowest BCUT2D eigenvalue weighted by molar-refractivity contribution is -0.122. The van der Waals surface area contributed by atoms with E-state index < -0.39 is 5.92 Å². The van der Waals surface area contributed by atoms with E-state index in [0.717, 1.165) is 5.56 Å². The van der Waals surface area contributed by atoms with Gasteiger partial charge >= 0.3 is 0 Å². The Morgan fingerprint density at radius 1 is 1.14 bits per heavy atom.